The molecular formula is C25H18O6S. The molecule has 1 aromatic heterocycles. The molecule has 0 aliphatic heterocycles. The molecule has 3 aromatic carbocycles. The predicted molar refractivity (Wildman–Crippen MR) is 123 cm³/mol. The van der Waals surface area contributed by atoms with Gasteiger partial charge in [0, 0.05) is 21.2 Å². The van der Waals surface area contributed by atoms with Gasteiger partial charge < -0.3 is 20.1 Å². The van der Waals surface area contributed by atoms with Crippen molar-refractivity contribution in [3.05, 3.63) is 89.0 Å². The number of rotatable bonds is 6. The molecule has 0 fully saturated rings. The molecule has 6 nitrogen and oxygen atoms in total. The molecule has 4 rings (SSSR count). The number of ether oxygens (including phenoxy) is 1. The first-order valence-corrected chi connectivity index (χ1v) is 10.4. The van der Waals surface area contributed by atoms with Crippen LogP contribution in [0.3, 0.4) is 0 Å². The molecule has 0 spiro atoms. The lowest BCUT2D eigenvalue weighted by atomic mass is 9.96. The number of ketones is 1. The van der Waals surface area contributed by atoms with Crippen LogP contribution in [0.2, 0.25) is 0 Å². The van der Waals surface area contributed by atoms with E-state index in [1.54, 1.807) is 61.5 Å². The predicted octanol–water partition coefficient (Wildman–Crippen LogP) is 5.50. The average Bonchev–Trinajstić information content (AvgIpc) is 3.12. The van der Waals surface area contributed by atoms with Gasteiger partial charge in [0.25, 0.3) is 0 Å². The quantitative estimate of drug-likeness (QED) is 0.205. The summed E-state index contributed by atoms with van der Waals surface area (Å²) >= 11 is 1.29. The molecule has 0 saturated carbocycles. The maximum Gasteiger partial charge on any atom is 0.331 e. The Balaban J connectivity index is 1.81. The minimum absolute atomic E-state index is 0.0908. The number of fused-ring (bicyclic) bond motifs is 1. The Morgan fingerprint density at radius 1 is 0.938 bits per heavy atom. The summed E-state index contributed by atoms with van der Waals surface area (Å²) in [5, 5.41) is 29.1. The summed E-state index contributed by atoms with van der Waals surface area (Å²) in [4.78, 5) is 24.6. The van der Waals surface area contributed by atoms with Crippen LogP contribution < -0.4 is 4.74 Å². The summed E-state index contributed by atoms with van der Waals surface area (Å²) in [7, 11) is 0. The maximum atomic E-state index is 13.5. The highest BCUT2D eigenvalue weighted by atomic mass is 32.1. The average molecular weight is 446 g/mol. The fraction of sp³-hybridized carbons (Fsp3) is 0.0400. The van der Waals surface area contributed by atoms with Gasteiger partial charge in [-0.15, -0.1) is 11.3 Å². The first-order valence-electron chi connectivity index (χ1n) is 9.60. The Morgan fingerprint density at radius 3 is 2.31 bits per heavy atom. The van der Waals surface area contributed by atoms with Crippen molar-refractivity contribution < 1.29 is 29.6 Å². The second-order valence-corrected chi connectivity index (χ2v) is 8.15. The van der Waals surface area contributed by atoms with Gasteiger partial charge in [0.05, 0.1) is 17.2 Å². The largest absolute Gasteiger partial charge is 0.508 e. The van der Waals surface area contributed by atoms with Gasteiger partial charge >= 0.3 is 5.97 Å². The van der Waals surface area contributed by atoms with Gasteiger partial charge in [-0.3, -0.25) is 4.79 Å². The van der Waals surface area contributed by atoms with E-state index in [2.05, 4.69) is 0 Å². The van der Waals surface area contributed by atoms with Crippen molar-refractivity contribution in [2.75, 3.05) is 0 Å². The number of phenolic OH excluding ortho intramolecular Hbond substituents is 2. The molecule has 0 atom stereocenters. The lowest BCUT2D eigenvalue weighted by molar-refractivity contribution is -0.131. The monoisotopic (exact) mass is 446 g/mol. The number of hydrogen-bond acceptors (Lipinski definition) is 6. The van der Waals surface area contributed by atoms with Gasteiger partial charge in [0.1, 0.15) is 17.2 Å². The smallest absolute Gasteiger partial charge is 0.331 e. The number of benzene rings is 3. The van der Waals surface area contributed by atoms with E-state index in [1.165, 1.54) is 17.4 Å². The fourth-order valence-corrected chi connectivity index (χ4v) is 4.64. The lowest BCUT2D eigenvalue weighted by Gasteiger charge is -2.08. The molecule has 0 amide bonds. The van der Waals surface area contributed by atoms with Crippen molar-refractivity contribution in [2.45, 2.75) is 6.92 Å². The van der Waals surface area contributed by atoms with Gasteiger partial charge in [-0.05, 0) is 66.6 Å². The van der Waals surface area contributed by atoms with E-state index >= 15 is 0 Å². The Labute approximate surface area is 187 Å². The number of aryl methyl sites for hydroxylation is 1. The third-order valence-electron chi connectivity index (χ3n) is 4.89. The number of carbonyl (C=O) groups excluding carboxylic acids is 1. The topological polar surface area (TPSA) is 104 Å². The van der Waals surface area contributed by atoms with Crippen LogP contribution in [0.4, 0.5) is 0 Å². The fourth-order valence-electron chi connectivity index (χ4n) is 3.43. The molecule has 0 aliphatic carbocycles. The zero-order chi connectivity index (χ0) is 22.8. The number of carbonyl (C=O) groups is 2. The Bertz CT molecular complexity index is 1370. The summed E-state index contributed by atoms with van der Waals surface area (Å²) in [6, 6.07) is 16.6. The highest BCUT2D eigenvalue weighted by molar-refractivity contribution is 7.21. The van der Waals surface area contributed by atoms with Crippen LogP contribution in [-0.4, -0.2) is 27.1 Å². The molecule has 160 valence electrons. The second kappa shape index (κ2) is 8.56. The molecule has 3 N–H and O–H groups in total. The van der Waals surface area contributed by atoms with Gasteiger partial charge in [0.2, 0.25) is 5.78 Å². The van der Waals surface area contributed by atoms with E-state index in [-0.39, 0.29) is 17.3 Å². The van der Waals surface area contributed by atoms with Crippen LogP contribution in [0.1, 0.15) is 20.8 Å². The van der Waals surface area contributed by atoms with E-state index in [0.29, 0.717) is 21.8 Å². The van der Waals surface area contributed by atoms with E-state index in [1.807, 2.05) is 0 Å². The molecule has 1 heterocycles. The molecule has 0 unspecified atom stereocenters. The van der Waals surface area contributed by atoms with E-state index in [9.17, 15) is 19.8 Å². The molecule has 0 bridgehead atoms. The Hall–Kier alpha value is -4.10. The normalized spacial score (nSPS) is 11.2. The lowest BCUT2D eigenvalue weighted by Crippen LogP contribution is -2.03. The summed E-state index contributed by atoms with van der Waals surface area (Å²) in [5.74, 6) is -0.636. The minimum Gasteiger partial charge on any atom is -0.508 e. The van der Waals surface area contributed by atoms with Crippen molar-refractivity contribution in [3.8, 4) is 28.4 Å². The number of phenols is 2. The first kappa shape index (κ1) is 21.1. The Morgan fingerprint density at radius 2 is 1.62 bits per heavy atom. The summed E-state index contributed by atoms with van der Waals surface area (Å²) < 4.78 is 6.05. The number of aliphatic carboxylic acids is 1. The zero-order valence-corrected chi connectivity index (χ0v) is 17.7. The van der Waals surface area contributed by atoms with Gasteiger partial charge in [-0.2, -0.15) is 0 Å². The molecule has 0 saturated heterocycles. The number of hydrogen-bond donors (Lipinski definition) is 3. The summed E-state index contributed by atoms with van der Waals surface area (Å²) in [5.41, 5.74) is 2.65. The van der Waals surface area contributed by atoms with E-state index < -0.39 is 5.97 Å². The van der Waals surface area contributed by atoms with Gasteiger partial charge in [-0.1, -0.05) is 12.1 Å². The molecule has 4 aromatic rings. The van der Waals surface area contributed by atoms with Gasteiger partial charge in [0.15, 0.2) is 0 Å². The third-order valence-corrected chi connectivity index (χ3v) is 6.04. The minimum atomic E-state index is -1.11. The zero-order valence-electron chi connectivity index (χ0n) is 16.9. The number of carboxylic acids is 1. The molecule has 0 radical (unpaired) electrons. The second-order valence-electron chi connectivity index (χ2n) is 7.10. The molecule has 32 heavy (non-hydrogen) atoms. The standard InChI is InChI=1S/C25H18O6S/c1-14-12-16(26)4-8-19(14)24(30)25-23(20-9-5-17(27)13-21(20)32-25)15-2-6-18(7-3-15)31-11-10-22(28)29/h2-13,26-27H,1H3,(H,28,29)/b11-10+. The Kier molecular flexibility index (Phi) is 5.66. The number of carboxylic acid groups (broad SMARTS) is 1. The maximum absolute atomic E-state index is 13.5. The van der Waals surface area contributed by atoms with Crippen LogP contribution in [0.15, 0.2) is 73.0 Å². The van der Waals surface area contributed by atoms with Crippen molar-refractivity contribution in [3.63, 3.8) is 0 Å². The molecule has 7 heteroatoms. The molecule has 0 aliphatic rings. The van der Waals surface area contributed by atoms with Gasteiger partial charge in [-0.25, -0.2) is 4.79 Å². The summed E-state index contributed by atoms with van der Waals surface area (Å²) in [6.07, 6.45) is 1.98. The van der Waals surface area contributed by atoms with Crippen molar-refractivity contribution >= 4 is 33.2 Å². The van der Waals surface area contributed by atoms with Crippen LogP contribution in [0, 0.1) is 6.92 Å². The van der Waals surface area contributed by atoms with Crippen molar-refractivity contribution in [1.29, 1.82) is 0 Å². The van der Waals surface area contributed by atoms with Crippen LogP contribution in [0.25, 0.3) is 21.2 Å². The SMILES string of the molecule is Cc1cc(O)ccc1C(=O)c1sc2cc(O)ccc2c1-c1ccc(O/C=C/C(=O)O)cc1. The van der Waals surface area contributed by atoms with Crippen LogP contribution in [-0.2, 0) is 4.79 Å². The number of thiophene rings is 1. The van der Waals surface area contributed by atoms with Crippen LogP contribution >= 0.6 is 11.3 Å². The van der Waals surface area contributed by atoms with Crippen molar-refractivity contribution in [1.82, 2.24) is 0 Å². The summed E-state index contributed by atoms with van der Waals surface area (Å²) in [6.45, 7) is 1.77. The van der Waals surface area contributed by atoms with E-state index in [0.717, 1.165) is 33.6 Å². The first-order chi connectivity index (χ1) is 15.3. The van der Waals surface area contributed by atoms with Crippen molar-refractivity contribution in [2.24, 2.45) is 0 Å². The van der Waals surface area contributed by atoms with E-state index in [4.69, 9.17) is 9.84 Å². The highest BCUT2D eigenvalue weighted by Crippen LogP contribution is 2.42. The highest BCUT2D eigenvalue weighted by Gasteiger charge is 2.22. The third kappa shape index (κ3) is 4.19. The number of aromatic hydroxyl groups is 2. The molecular weight excluding hydrogens is 428 g/mol. The van der Waals surface area contributed by atoms with Crippen LogP contribution in [0.5, 0.6) is 17.2 Å².